The molecular formula is C21H20N4O2. The van der Waals surface area contributed by atoms with Gasteiger partial charge in [0.15, 0.2) is 5.82 Å². The van der Waals surface area contributed by atoms with Gasteiger partial charge in [0.25, 0.3) is 11.8 Å². The summed E-state index contributed by atoms with van der Waals surface area (Å²) in [6.45, 7) is 2.51. The Bertz CT molecular complexity index is 1050. The number of carbonyl (C=O) groups is 1. The maximum atomic E-state index is 12.5. The molecule has 0 spiro atoms. The van der Waals surface area contributed by atoms with Crippen LogP contribution in [0.3, 0.4) is 0 Å². The van der Waals surface area contributed by atoms with Gasteiger partial charge >= 0.3 is 0 Å². The minimum Gasteiger partial charge on any atom is -0.351 e. The molecule has 0 atom stereocenters. The molecule has 6 nitrogen and oxygen atoms in total. The van der Waals surface area contributed by atoms with Crippen LogP contribution in [0.2, 0.25) is 0 Å². The van der Waals surface area contributed by atoms with Crippen LogP contribution in [0.4, 0.5) is 0 Å². The number of fused-ring (bicyclic) bond motifs is 1. The number of aryl methyl sites for hydroxylation is 1. The van der Waals surface area contributed by atoms with E-state index in [0.29, 0.717) is 30.2 Å². The van der Waals surface area contributed by atoms with Crippen molar-refractivity contribution in [3.05, 3.63) is 71.5 Å². The van der Waals surface area contributed by atoms with Crippen LogP contribution in [0.25, 0.3) is 22.5 Å². The summed E-state index contributed by atoms with van der Waals surface area (Å²) in [6.07, 6.45) is 0.526. The molecule has 1 amide bonds. The number of carbonyl (C=O) groups excluding carboxylic acids is 1. The van der Waals surface area contributed by atoms with Gasteiger partial charge in [0.2, 0.25) is 0 Å². The van der Waals surface area contributed by atoms with Gasteiger partial charge in [-0.15, -0.1) is 0 Å². The fourth-order valence-corrected chi connectivity index (χ4v) is 2.94. The maximum Gasteiger partial charge on any atom is 0.274 e. The molecule has 27 heavy (non-hydrogen) atoms. The van der Waals surface area contributed by atoms with Crippen LogP contribution in [-0.2, 0) is 6.42 Å². The first kappa shape index (κ1) is 17.0. The first-order chi connectivity index (χ1) is 13.1. The van der Waals surface area contributed by atoms with E-state index in [2.05, 4.69) is 15.1 Å². The van der Waals surface area contributed by atoms with Crippen molar-refractivity contribution in [1.82, 2.24) is 20.0 Å². The number of hydrogen-bond donors (Lipinski definition) is 1. The summed E-state index contributed by atoms with van der Waals surface area (Å²) in [5, 5.41) is 5.13. The van der Waals surface area contributed by atoms with Crippen molar-refractivity contribution >= 4 is 16.8 Å². The van der Waals surface area contributed by atoms with E-state index in [0.717, 1.165) is 22.2 Å². The number of amides is 1. The van der Waals surface area contributed by atoms with Crippen molar-refractivity contribution < 1.29 is 9.32 Å². The van der Waals surface area contributed by atoms with Crippen LogP contribution in [0.15, 0.2) is 59.1 Å². The number of para-hydroxylation sites is 1. The Morgan fingerprint density at radius 2 is 1.93 bits per heavy atom. The van der Waals surface area contributed by atoms with Crippen LogP contribution in [0, 0.1) is 6.92 Å². The Hall–Kier alpha value is -3.41. The van der Waals surface area contributed by atoms with Gasteiger partial charge in [0.1, 0.15) is 5.69 Å². The highest BCUT2D eigenvalue weighted by molar-refractivity contribution is 5.94. The molecule has 4 rings (SSSR count). The minimum atomic E-state index is -0.0191. The molecule has 0 unspecified atom stereocenters. The molecule has 6 heteroatoms. The topological polar surface area (TPSA) is 75.0 Å². The highest BCUT2D eigenvalue weighted by atomic mass is 16.5. The van der Waals surface area contributed by atoms with Gasteiger partial charge in [-0.25, -0.2) is 0 Å². The second kappa shape index (κ2) is 7.07. The lowest BCUT2D eigenvalue weighted by Gasteiger charge is -2.16. The van der Waals surface area contributed by atoms with Crippen molar-refractivity contribution in [2.75, 3.05) is 13.6 Å². The normalized spacial score (nSPS) is 11.0. The molecule has 0 fully saturated rings. The number of nitrogens with zero attached hydrogens (tertiary/aromatic N) is 3. The van der Waals surface area contributed by atoms with Crippen molar-refractivity contribution in [2.24, 2.45) is 0 Å². The van der Waals surface area contributed by atoms with E-state index in [1.54, 1.807) is 11.9 Å². The summed E-state index contributed by atoms with van der Waals surface area (Å²) in [4.78, 5) is 21.8. The number of H-pyrrole nitrogens is 1. The van der Waals surface area contributed by atoms with Gasteiger partial charge in [0.05, 0.1) is 0 Å². The highest BCUT2D eigenvalue weighted by Gasteiger charge is 2.15. The van der Waals surface area contributed by atoms with E-state index in [9.17, 15) is 4.79 Å². The standard InChI is InChI=1S/C21H20N4O2/c1-14-7-9-15(10-8-14)21(26)25(2)12-11-19-23-20(27-24-19)18-13-16-5-3-4-6-17(16)22-18/h3-10,13,22H,11-12H2,1-2H3. The predicted octanol–water partition coefficient (Wildman–Crippen LogP) is 3.84. The Balaban J connectivity index is 1.41. The van der Waals surface area contributed by atoms with E-state index >= 15 is 0 Å². The Morgan fingerprint density at radius 1 is 1.15 bits per heavy atom. The van der Waals surface area contributed by atoms with E-state index in [1.807, 2.05) is 61.5 Å². The lowest BCUT2D eigenvalue weighted by Crippen LogP contribution is -2.29. The number of nitrogens with one attached hydrogen (secondary N) is 1. The minimum absolute atomic E-state index is 0.0191. The van der Waals surface area contributed by atoms with Crippen molar-refractivity contribution in [1.29, 1.82) is 0 Å². The smallest absolute Gasteiger partial charge is 0.274 e. The highest BCUT2D eigenvalue weighted by Crippen LogP contribution is 2.22. The van der Waals surface area contributed by atoms with E-state index in [-0.39, 0.29) is 5.91 Å². The van der Waals surface area contributed by atoms with Crippen molar-refractivity contribution in [3.8, 4) is 11.6 Å². The molecule has 0 aliphatic rings. The molecule has 2 heterocycles. The van der Waals surface area contributed by atoms with Gasteiger partial charge in [-0.1, -0.05) is 41.1 Å². The maximum absolute atomic E-state index is 12.5. The molecule has 4 aromatic rings. The zero-order valence-electron chi connectivity index (χ0n) is 15.3. The number of likely N-dealkylation sites (N-methyl/N-ethyl adjacent to an activating group) is 1. The number of aromatic amines is 1. The number of hydrogen-bond acceptors (Lipinski definition) is 4. The fourth-order valence-electron chi connectivity index (χ4n) is 2.94. The third kappa shape index (κ3) is 3.60. The van der Waals surface area contributed by atoms with Crippen LogP contribution >= 0.6 is 0 Å². The summed E-state index contributed by atoms with van der Waals surface area (Å²) in [7, 11) is 1.78. The third-order valence-corrected chi connectivity index (χ3v) is 4.54. The first-order valence-electron chi connectivity index (χ1n) is 8.83. The second-order valence-electron chi connectivity index (χ2n) is 6.63. The second-order valence-corrected chi connectivity index (χ2v) is 6.63. The largest absolute Gasteiger partial charge is 0.351 e. The Kier molecular flexibility index (Phi) is 4.46. The number of rotatable bonds is 5. The lowest BCUT2D eigenvalue weighted by molar-refractivity contribution is 0.0796. The molecule has 0 bridgehead atoms. The quantitative estimate of drug-likeness (QED) is 0.587. The van der Waals surface area contributed by atoms with E-state index in [4.69, 9.17) is 4.52 Å². The summed E-state index contributed by atoms with van der Waals surface area (Å²) >= 11 is 0. The summed E-state index contributed by atoms with van der Waals surface area (Å²) in [5.41, 5.74) is 3.62. The SMILES string of the molecule is Cc1ccc(C(=O)N(C)CCc2noc(-c3cc4ccccc4[nH]3)n2)cc1. The van der Waals surface area contributed by atoms with Gasteiger partial charge < -0.3 is 14.4 Å². The molecule has 1 N–H and O–H groups in total. The lowest BCUT2D eigenvalue weighted by atomic mass is 10.1. The summed E-state index contributed by atoms with van der Waals surface area (Å²) < 4.78 is 5.38. The zero-order chi connectivity index (χ0) is 18.8. The summed E-state index contributed by atoms with van der Waals surface area (Å²) in [6, 6.07) is 17.5. The fraction of sp³-hybridized carbons (Fsp3) is 0.190. The molecule has 0 radical (unpaired) electrons. The number of benzene rings is 2. The molecular weight excluding hydrogens is 340 g/mol. The van der Waals surface area contributed by atoms with Gasteiger partial charge in [-0.05, 0) is 31.2 Å². The van der Waals surface area contributed by atoms with E-state index in [1.165, 1.54) is 0 Å². The van der Waals surface area contributed by atoms with Gasteiger partial charge in [0, 0.05) is 36.5 Å². The van der Waals surface area contributed by atoms with Crippen molar-refractivity contribution in [3.63, 3.8) is 0 Å². The molecule has 0 aliphatic heterocycles. The number of aromatic nitrogens is 3. The van der Waals surface area contributed by atoms with Crippen LogP contribution in [0.5, 0.6) is 0 Å². The molecule has 136 valence electrons. The molecule has 2 aromatic carbocycles. The molecule has 0 saturated heterocycles. The van der Waals surface area contributed by atoms with Crippen LogP contribution < -0.4 is 0 Å². The van der Waals surface area contributed by atoms with Gasteiger partial charge in [-0.3, -0.25) is 4.79 Å². The average molecular weight is 360 g/mol. The average Bonchev–Trinajstić information content (AvgIpc) is 3.32. The predicted molar refractivity (Wildman–Crippen MR) is 103 cm³/mol. The molecule has 0 saturated carbocycles. The van der Waals surface area contributed by atoms with Gasteiger partial charge in [-0.2, -0.15) is 4.98 Å². The molecule has 0 aliphatic carbocycles. The molecule has 2 aromatic heterocycles. The first-order valence-corrected chi connectivity index (χ1v) is 8.83. The third-order valence-electron chi connectivity index (χ3n) is 4.54. The van der Waals surface area contributed by atoms with Crippen LogP contribution in [-0.4, -0.2) is 39.5 Å². The Labute approximate surface area is 156 Å². The van der Waals surface area contributed by atoms with E-state index < -0.39 is 0 Å². The van der Waals surface area contributed by atoms with Crippen molar-refractivity contribution in [2.45, 2.75) is 13.3 Å². The monoisotopic (exact) mass is 360 g/mol. The zero-order valence-corrected chi connectivity index (χ0v) is 15.3. The van der Waals surface area contributed by atoms with Crippen LogP contribution in [0.1, 0.15) is 21.7 Å². The Morgan fingerprint density at radius 3 is 2.70 bits per heavy atom. The summed E-state index contributed by atoms with van der Waals surface area (Å²) in [5.74, 6) is 1.01.